The van der Waals surface area contributed by atoms with Gasteiger partial charge in [0.25, 0.3) is 0 Å². The van der Waals surface area contributed by atoms with Crippen molar-refractivity contribution in [1.82, 2.24) is 0 Å². The van der Waals surface area contributed by atoms with E-state index in [1.165, 1.54) is 31.2 Å². The van der Waals surface area contributed by atoms with E-state index < -0.39 is 0 Å². The molecule has 0 aromatic heterocycles. The lowest BCUT2D eigenvalue weighted by Gasteiger charge is -2.53. The van der Waals surface area contributed by atoms with Crippen LogP contribution in [0.25, 0.3) is 0 Å². The Morgan fingerprint density at radius 3 is 2.30 bits per heavy atom. The minimum absolute atomic E-state index is 0.0416. The molecule has 0 saturated heterocycles. The summed E-state index contributed by atoms with van der Waals surface area (Å²) in [5, 5.41) is 10.3. The van der Waals surface area contributed by atoms with Crippen molar-refractivity contribution in [1.29, 1.82) is 0 Å². The first-order valence-electron chi connectivity index (χ1n) is 8.18. The van der Waals surface area contributed by atoms with Gasteiger partial charge in [0.1, 0.15) is 11.9 Å². The fourth-order valence-corrected chi connectivity index (χ4v) is 3.90. The minimum atomic E-state index is -0.152. The summed E-state index contributed by atoms with van der Waals surface area (Å²) in [5.74, 6) is 0.961. The van der Waals surface area contributed by atoms with Gasteiger partial charge in [0.05, 0.1) is 6.10 Å². The van der Waals surface area contributed by atoms with Crippen LogP contribution >= 0.6 is 0 Å². The van der Waals surface area contributed by atoms with E-state index >= 15 is 0 Å². The molecule has 20 heavy (non-hydrogen) atoms. The normalized spacial score (nSPS) is 28.7. The lowest BCUT2D eigenvalue weighted by Crippen LogP contribution is -2.59. The number of benzene rings is 1. The molecule has 0 bridgehead atoms. The molecule has 0 radical (unpaired) electrons. The number of aliphatic hydroxyl groups is 1. The van der Waals surface area contributed by atoms with Crippen molar-refractivity contribution in [2.45, 2.75) is 70.5 Å². The standard InChI is InChI=1S/C18H26O2/c1-2-14-7-9-15(10-8-14)20-17-13-16(19)18(17)11-5-3-4-6-12-18/h7-10,16-17,19H,2-6,11-13H2,1H3. The summed E-state index contributed by atoms with van der Waals surface area (Å²) in [4.78, 5) is 0. The van der Waals surface area contributed by atoms with E-state index in [1.807, 2.05) is 0 Å². The number of hydrogen-bond donors (Lipinski definition) is 1. The molecule has 110 valence electrons. The van der Waals surface area contributed by atoms with Crippen LogP contribution in [0.5, 0.6) is 5.75 Å². The zero-order valence-electron chi connectivity index (χ0n) is 12.5. The average molecular weight is 274 g/mol. The van der Waals surface area contributed by atoms with Crippen LogP contribution in [0.4, 0.5) is 0 Å². The molecule has 0 amide bonds. The molecular formula is C18H26O2. The molecule has 0 heterocycles. The van der Waals surface area contributed by atoms with Crippen molar-refractivity contribution in [3.63, 3.8) is 0 Å². The maximum atomic E-state index is 10.3. The highest BCUT2D eigenvalue weighted by Crippen LogP contribution is 2.52. The molecule has 2 aliphatic carbocycles. The second kappa shape index (κ2) is 5.77. The molecule has 2 fully saturated rings. The molecular weight excluding hydrogens is 248 g/mol. The Labute approximate surface area is 122 Å². The van der Waals surface area contributed by atoms with Crippen molar-refractivity contribution in [2.24, 2.45) is 5.41 Å². The SMILES string of the molecule is CCc1ccc(OC2CC(O)C23CCCCCC3)cc1. The summed E-state index contributed by atoms with van der Waals surface area (Å²) in [6, 6.07) is 8.44. The van der Waals surface area contributed by atoms with Gasteiger partial charge in [-0.25, -0.2) is 0 Å². The molecule has 2 saturated carbocycles. The van der Waals surface area contributed by atoms with Crippen molar-refractivity contribution < 1.29 is 9.84 Å². The predicted octanol–water partition coefficient (Wildman–Crippen LogP) is 4.10. The van der Waals surface area contributed by atoms with Crippen LogP contribution in [0, 0.1) is 5.41 Å². The molecule has 1 spiro atoms. The van der Waals surface area contributed by atoms with Crippen LogP contribution in [0.3, 0.4) is 0 Å². The molecule has 2 aliphatic rings. The molecule has 1 N–H and O–H groups in total. The highest BCUT2D eigenvalue weighted by molar-refractivity contribution is 5.28. The first kappa shape index (κ1) is 13.9. The predicted molar refractivity (Wildman–Crippen MR) is 81.0 cm³/mol. The van der Waals surface area contributed by atoms with E-state index in [-0.39, 0.29) is 17.6 Å². The number of hydrogen-bond acceptors (Lipinski definition) is 2. The zero-order chi connectivity index (χ0) is 14.0. The van der Waals surface area contributed by atoms with E-state index in [9.17, 15) is 5.11 Å². The van der Waals surface area contributed by atoms with Gasteiger partial charge in [0, 0.05) is 11.8 Å². The molecule has 3 rings (SSSR count). The van der Waals surface area contributed by atoms with E-state index in [1.54, 1.807) is 0 Å². The Kier molecular flexibility index (Phi) is 4.02. The van der Waals surface area contributed by atoms with Crippen LogP contribution in [0.2, 0.25) is 0 Å². The third-order valence-corrected chi connectivity index (χ3v) is 5.39. The van der Waals surface area contributed by atoms with Gasteiger partial charge in [-0.15, -0.1) is 0 Å². The van der Waals surface area contributed by atoms with Crippen molar-refractivity contribution in [3.05, 3.63) is 29.8 Å². The molecule has 2 atom stereocenters. The molecule has 2 nitrogen and oxygen atoms in total. The van der Waals surface area contributed by atoms with Crippen LogP contribution < -0.4 is 4.74 Å². The monoisotopic (exact) mass is 274 g/mol. The number of aliphatic hydroxyl groups excluding tert-OH is 1. The first-order chi connectivity index (χ1) is 9.74. The van der Waals surface area contributed by atoms with Gasteiger partial charge in [0.15, 0.2) is 0 Å². The van der Waals surface area contributed by atoms with Crippen LogP contribution in [0.15, 0.2) is 24.3 Å². The number of aryl methyl sites for hydroxylation is 1. The summed E-state index contributed by atoms with van der Waals surface area (Å²) in [7, 11) is 0. The Hall–Kier alpha value is -1.02. The van der Waals surface area contributed by atoms with Gasteiger partial charge in [-0.2, -0.15) is 0 Å². The largest absolute Gasteiger partial charge is 0.490 e. The molecule has 1 aromatic rings. The quantitative estimate of drug-likeness (QED) is 0.899. The van der Waals surface area contributed by atoms with Gasteiger partial charge in [-0.3, -0.25) is 0 Å². The van der Waals surface area contributed by atoms with Gasteiger partial charge >= 0.3 is 0 Å². The second-order valence-electron chi connectivity index (χ2n) is 6.50. The van der Waals surface area contributed by atoms with Gasteiger partial charge < -0.3 is 9.84 Å². The van der Waals surface area contributed by atoms with Gasteiger partial charge in [0.2, 0.25) is 0 Å². The summed E-state index contributed by atoms with van der Waals surface area (Å²) in [6.07, 6.45) is 9.29. The first-order valence-corrected chi connectivity index (χ1v) is 8.18. The second-order valence-corrected chi connectivity index (χ2v) is 6.50. The summed E-state index contributed by atoms with van der Waals surface area (Å²) >= 11 is 0. The maximum Gasteiger partial charge on any atom is 0.119 e. The third-order valence-electron chi connectivity index (χ3n) is 5.39. The topological polar surface area (TPSA) is 29.5 Å². The van der Waals surface area contributed by atoms with Gasteiger partial charge in [-0.05, 0) is 37.0 Å². The fraction of sp³-hybridized carbons (Fsp3) is 0.667. The van der Waals surface area contributed by atoms with E-state index in [2.05, 4.69) is 31.2 Å². The highest BCUT2D eigenvalue weighted by Gasteiger charge is 2.55. The minimum Gasteiger partial charge on any atom is -0.490 e. The fourth-order valence-electron chi connectivity index (χ4n) is 3.90. The molecule has 2 heteroatoms. The Bertz CT molecular complexity index is 429. The Morgan fingerprint density at radius 1 is 1.10 bits per heavy atom. The molecule has 0 aliphatic heterocycles. The van der Waals surface area contributed by atoms with Crippen molar-refractivity contribution in [3.8, 4) is 5.75 Å². The molecule has 2 unspecified atom stereocenters. The number of ether oxygens (including phenoxy) is 1. The van der Waals surface area contributed by atoms with E-state index in [4.69, 9.17) is 4.74 Å². The maximum absolute atomic E-state index is 10.3. The highest BCUT2D eigenvalue weighted by atomic mass is 16.5. The summed E-state index contributed by atoms with van der Waals surface area (Å²) in [6.45, 7) is 2.17. The van der Waals surface area contributed by atoms with Gasteiger partial charge in [-0.1, -0.05) is 44.7 Å². The third kappa shape index (κ3) is 2.46. The van der Waals surface area contributed by atoms with Crippen molar-refractivity contribution >= 4 is 0 Å². The lowest BCUT2D eigenvalue weighted by atomic mass is 9.59. The van der Waals surface area contributed by atoms with E-state index in [0.717, 1.165) is 31.4 Å². The molecule has 1 aromatic carbocycles. The Morgan fingerprint density at radius 2 is 1.75 bits per heavy atom. The van der Waals surface area contributed by atoms with Crippen molar-refractivity contribution in [2.75, 3.05) is 0 Å². The smallest absolute Gasteiger partial charge is 0.119 e. The Balaban J connectivity index is 1.69. The average Bonchev–Trinajstić information content (AvgIpc) is 2.76. The van der Waals surface area contributed by atoms with Crippen LogP contribution in [-0.4, -0.2) is 17.3 Å². The van der Waals surface area contributed by atoms with E-state index in [0.29, 0.717) is 0 Å². The van der Waals surface area contributed by atoms with Crippen LogP contribution in [0.1, 0.15) is 57.4 Å². The zero-order valence-corrected chi connectivity index (χ0v) is 12.5. The summed E-state index contributed by atoms with van der Waals surface area (Å²) in [5.41, 5.74) is 1.38. The number of rotatable bonds is 3. The lowest BCUT2D eigenvalue weighted by molar-refractivity contribution is -0.163. The van der Waals surface area contributed by atoms with Crippen LogP contribution in [-0.2, 0) is 6.42 Å². The summed E-state index contributed by atoms with van der Waals surface area (Å²) < 4.78 is 6.21.